The molecule has 2 rings (SSSR count). The van der Waals surface area contributed by atoms with Gasteiger partial charge in [-0.25, -0.2) is 4.98 Å². The summed E-state index contributed by atoms with van der Waals surface area (Å²) in [7, 11) is 0. The van der Waals surface area contributed by atoms with Crippen molar-refractivity contribution in [3.63, 3.8) is 0 Å². The molecule has 0 aliphatic heterocycles. The zero-order valence-corrected chi connectivity index (χ0v) is 6.77. The molecular formula is C6H6N6O. The molecule has 2 heterocycles. The van der Waals surface area contributed by atoms with Crippen LogP contribution in [0.3, 0.4) is 0 Å². The van der Waals surface area contributed by atoms with Gasteiger partial charge in [0.25, 0.3) is 5.91 Å². The number of carbonyl (C=O) groups excluding carboxylic acids is 1. The predicted octanol–water partition coefficient (Wildman–Crippen LogP) is -0.845. The predicted molar refractivity (Wildman–Crippen MR) is 42.7 cm³/mol. The molecule has 0 bridgehead atoms. The third-order valence-electron chi connectivity index (χ3n) is 1.56. The quantitative estimate of drug-likeness (QED) is 0.591. The van der Waals surface area contributed by atoms with Gasteiger partial charge in [0, 0.05) is 0 Å². The van der Waals surface area contributed by atoms with Crippen LogP contribution in [0.15, 0.2) is 0 Å². The molecule has 3 N–H and O–H groups in total. The Morgan fingerprint density at radius 3 is 2.92 bits per heavy atom. The molecule has 0 saturated carbocycles. The Morgan fingerprint density at radius 2 is 2.23 bits per heavy atom. The maximum Gasteiger partial charge on any atom is 0.271 e. The van der Waals surface area contributed by atoms with E-state index in [9.17, 15) is 4.79 Å². The van der Waals surface area contributed by atoms with Gasteiger partial charge >= 0.3 is 0 Å². The number of rotatable bonds is 1. The molecule has 0 aromatic carbocycles. The van der Waals surface area contributed by atoms with E-state index >= 15 is 0 Å². The second-order valence-corrected chi connectivity index (χ2v) is 2.52. The summed E-state index contributed by atoms with van der Waals surface area (Å²) in [6.07, 6.45) is 0. The molecule has 0 aliphatic carbocycles. The number of H-pyrrole nitrogens is 1. The number of nitrogens with zero attached hydrogens (tertiary/aromatic N) is 4. The standard InChI is InChI=1S/C6H6N6O/c1-2-8-4-3(5(7)13)10-12-11-6(4)9-2/h1H3,(H2,7,13)(H,8,9,10,11). The molecule has 0 saturated heterocycles. The second kappa shape index (κ2) is 2.47. The van der Waals surface area contributed by atoms with Crippen molar-refractivity contribution in [1.29, 1.82) is 0 Å². The molecule has 7 nitrogen and oxygen atoms in total. The summed E-state index contributed by atoms with van der Waals surface area (Å²) in [6, 6.07) is 0. The van der Waals surface area contributed by atoms with E-state index in [4.69, 9.17) is 5.73 Å². The molecule has 2 aromatic rings. The molecule has 0 unspecified atom stereocenters. The van der Waals surface area contributed by atoms with Crippen molar-refractivity contribution in [3.05, 3.63) is 11.5 Å². The third kappa shape index (κ3) is 1.10. The van der Waals surface area contributed by atoms with Crippen molar-refractivity contribution in [2.45, 2.75) is 6.92 Å². The summed E-state index contributed by atoms with van der Waals surface area (Å²) in [5, 5.41) is 10.5. The van der Waals surface area contributed by atoms with Gasteiger partial charge in [-0.1, -0.05) is 0 Å². The average molecular weight is 178 g/mol. The molecule has 1 amide bonds. The molecule has 2 aromatic heterocycles. The van der Waals surface area contributed by atoms with E-state index in [1.165, 1.54) is 0 Å². The van der Waals surface area contributed by atoms with Crippen molar-refractivity contribution in [1.82, 2.24) is 25.4 Å². The van der Waals surface area contributed by atoms with Crippen molar-refractivity contribution in [2.24, 2.45) is 5.73 Å². The Labute approximate surface area is 72.4 Å². The number of carbonyl (C=O) groups is 1. The number of fused-ring (bicyclic) bond motifs is 1. The number of aryl methyl sites for hydroxylation is 1. The fourth-order valence-corrected chi connectivity index (χ4v) is 1.05. The molecule has 13 heavy (non-hydrogen) atoms. The maximum absolute atomic E-state index is 10.9. The van der Waals surface area contributed by atoms with Crippen molar-refractivity contribution < 1.29 is 4.79 Å². The van der Waals surface area contributed by atoms with Gasteiger partial charge in [-0.05, 0) is 12.1 Å². The van der Waals surface area contributed by atoms with Crippen LogP contribution in [-0.2, 0) is 0 Å². The van der Waals surface area contributed by atoms with Gasteiger partial charge in [0.1, 0.15) is 11.3 Å². The molecule has 0 spiro atoms. The lowest BCUT2D eigenvalue weighted by atomic mass is 10.3. The smallest absolute Gasteiger partial charge is 0.271 e. The van der Waals surface area contributed by atoms with Crippen LogP contribution in [0.2, 0.25) is 0 Å². The van der Waals surface area contributed by atoms with Crippen molar-refractivity contribution >= 4 is 17.1 Å². The summed E-state index contributed by atoms with van der Waals surface area (Å²) in [5.74, 6) is -0.0108. The van der Waals surface area contributed by atoms with Gasteiger partial charge in [-0.2, -0.15) is 0 Å². The average Bonchev–Trinajstić information content (AvgIpc) is 2.43. The van der Waals surface area contributed by atoms with Crippen LogP contribution in [0, 0.1) is 6.92 Å². The summed E-state index contributed by atoms with van der Waals surface area (Å²) < 4.78 is 0. The van der Waals surface area contributed by atoms with E-state index in [1.54, 1.807) is 6.92 Å². The van der Waals surface area contributed by atoms with E-state index in [-0.39, 0.29) is 5.69 Å². The first-order valence-corrected chi connectivity index (χ1v) is 3.54. The fraction of sp³-hybridized carbons (Fsp3) is 0.167. The molecule has 0 aliphatic rings. The fourth-order valence-electron chi connectivity index (χ4n) is 1.05. The lowest BCUT2D eigenvalue weighted by Crippen LogP contribution is -2.15. The molecule has 0 fully saturated rings. The van der Waals surface area contributed by atoms with Gasteiger partial charge in [0.2, 0.25) is 5.65 Å². The number of amides is 1. The van der Waals surface area contributed by atoms with Crippen LogP contribution in [0.4, 0.5) is 0 Å². The van der Waals surface area contributed by atoms with Crippen LogP contribution >= 0.6 is 0 Å². The first kappa shape index (κ1) is 7.59. The van der Waals surface area contributed by atoms with Gasteiger partial charge < -0.3 is 10.7 Å². The second-order valence-electron chi connectivity index (χ2n) is 2.52. The van der Waals surface area contributed by atoms with E-state index in [0.717, 1.165) is 0 Å². The number of nitrogens with one attached hydrogen (secondary N) is 1. The van der Waals surface area contributed by atoms with Crippen LogP contribution in [0.5, 0.6) is 0 Å². The highest BCUT2D eigenvalue weighted by Crippen LogP contribution is 2.09. The molecule has 0 radical (unpaired) electrons. The minimum Gasteiger partial charge on any atom is -0.364 e. The molecule has 7 heteroatoms. The molecule has 0 atom stereocenters. The lowest BCUT2D eigenvalue weighted by molar-refractivity contribution is 0.0996. The summed E-state index contributed by atoms with van der Waals surface area (Å²) in [5.41, 5.74) is 5.91. The topological polar surface area (TPSA) is 110 Å². The van der Waals surface area contributed by atoms with Gasteiger partial charge in [-0.3, -0.25) is 4.79 Å². The Morgan fingerprint density at radius 1 is 1.46 bits per heavy atom. The maximum atomic E-state index is 10.9. The van der Waals surface area contributed by atoms with Crippen LogP contribution in [0.1, 0.15) is 16.3 Å². The van der Waals surface area contributed by atoms with E-state index in [0.29, 0.717) is 17.0 Å². The minimum absolute atomic E-state index is 0.0607. The summed E-state index contributed by atoms with van der Waals surface area (Å²) in [6.45, 7) is 1.74. The van der Waals surface area contributed by atoms with Crippen LogP contribution in [-0.4, -0.2) is 31.3 Å². The first-order chi connectivity index (χ1) is 6.18. The SMILES string of the molecule is Cc1nc2nnnc(C(N)=O)c2[nH]1. The highest BCUT2D eigenvalue weighted by molar-refractivity contribution is 6.00. The number of nitrogens with two attached hydrogens (primary N) is 1. The van der Waals surface area contributed by atoms with Crippen molar-refractivity contribution in [2.75, 3.05) is 0 Å². The Kier molecular flexibility index (Phi) is 1.44. The normalized spacial score (nSPS) is 10.5. The van der Waals surface area contributed by atoms with E-state index in [2.05, 4.69) is 25.4 Å². The van der Waals surface area contributed by atoms with Crippen molar-refractivity contribution in [3.8, 4) is 0 Å². The number of hydrogen-bond acceptors (Lipinski definition) is 5. The zero-order chi connectivity index (χ0) is 9.42. The lowest BCUT2D eigenvalue weighted by Gasteiger charge is -1.91. The van der Waals surface area contributed by atoms with Gasteiger partial charge in [-0.15, -0.1) is 10.2 Å². The first-order valence-electron chi connectivity index (χ1n) is 3.54. The number of hydrogen-bond donors (Lipinski definition) is 2. The van der Waals surface area contributed by atoms with Gasteiger partial charge in [0.15, 0.2) is 5.69 Å². The van der Waals surface area contributed by atoms with Crippen LogP contribution in [0.25, 0.3) is 11.2 Å². The third-order valence-corrected chi connectivity index (χ3v) is 1.56. The Hall–Kier alpha value is -2.05. The van der Waals surface area contributed by atoms with Crippen LogP contribution < -0.4 is 5.73 Å². The Balaban J connectivity index is 2.82. The number of aromatic nitrogens is 5. The van der Waals surface area contributed by atoms with Gasteiger partial charge in [0.05, 0.1) is 0 Å². The summed E-state index contributed by atoms with van der Waals surface area (Å²) in [4.78, 5) is 17.7. The largest absolute Gasteiger partial charge is 0.364 e. The highest BCUT2D eigenvalue weighted by atomic mass is 16.1. The zero-order valence-electron chi connectivity index (χ0n) is 6.77. The number of primary amides is 1. The minimum atomic E-state index is -0.649. The number of imidazole rings is 1. The monoisotopic (exact) mass is 178 g/mol. The Bertz CT molecular complexity index is 475. The van der Waals surface area contributed by atoms with E-state index < -0.39 is 5.91 Å². The highest BCUT2D eigenvalue weighted by Gasteiger charge is 2.12. The summed E-state index contributed by atoms with van der Waals surface area (Å²) >= 11 is 0. The number of aromatic amines is 1. The van der Waals surface area contributed by atoms with E-state index in [1.807, 2.05) is 0 Å². The molecule has 66 valence electrons. The molecular weight excluding hydrogens is 172 g/mol.